The van der Waals surface area contributed by atoms with Crippen molar-refractivity contribution in [2.24, 2.45) is 5.92 Å². The number of aryl methyl sites for hydroxylation is 3. The second-order valence-corrected chi connectivity index (χ2v) is 10.8. The molecule has 9 heteroatoms. The number of sulfonamides is 1. The first kappa shape index (κ1) is 25.8. The summed E-state index contributed by atoms with van der Waals surface area (Å²) in [5, 5.41) is 6.88. The Hall–Kier alpha value is -3.30. The molecular weight excluding hydrogens is 481 g/mol. The number of hydrogen-bond donors (Lipinski definition) is 1. The molecule has 1 fully saturated rings. The standard InChI is InChI=1S/C27H30FN3O4S/c1-4-20-11-7-9-18(2)25(20)29-27(32)22-12-8-16-31(17-22)36(33,34)26-19(3)30-35-24(26)15-14-21-10-5-6-13-23(21)28/h5-7,9-11,13-15,22H,4,8,12,16-17H2,1-3H3,(H,29,32)/b15-14+/t22-/m1/s1. The molecule has 1 aromatic heterocycles. The third-order valence-electron chi connectivity index (χ3n) is 6.49. The van der Waals surface area contributed by atoms with E-state index in [1.165, 1.54) is 22.5 Å². The van der Waals surface area contributed by atoms with Crippen LogP contribution in [-0.2, 0) is 21.2 Å². The van der Waals surface area contributed by atoms with Crippen molar-refractivity contribution in [3.05, 3.63) is 76.4 Å². The van der Waals surface area contributed by atoms with Crippen LogP contribution in [0.1, 0.15) is 47.9 Å². The summed E-state index contributed by atoms with van der Waals surface area (Å²) in [5.41, 5.74) is 3.30. The second-order valence-electron chi connectivity index (χ2n) is 8.97. The maximum atomic E-state index is 14.0. The first-order chi connectivity index (χ1) is 17.2. The van der Waals surface area contributed by atoms with Crippen molar-refractivity contribution in [1.29, 1.82) is 0 Å². The maximum absolute atomic E-state index is 14.0. The molecule has 7 nitrogen and oxygen atoms in total. The van der Waals surface area contributed by atoms with Crippen molar-refractivity contribution in [2.45, 2.75) is 44.9 Å². The minimum absolute atomic E-state index is 0.0230. The van der Waals surface area contributed by atoms with Gasteiger partial charge in [-0.15, -0.1) is 0 Å². The summed E-state index contributed by atoms with van der Waals surface area (Å²) in [5.74, 6) is -1.09. The first-order valence-corrected chi connectivity index (χ1v) is 13.4. The van der Waals surface area contributed by atoms with Gasteiger partial charge in [-0.3, -0.25) is 4.79 Å². The number of anilines is 1. The molecule has 1 atom stereocenters. The lowest BCUT2D eigenvalue weighted by molar-refractivity contribution is -0.120. The van der Waals surface area contributed by atoms with Crippen molar-refractivity contribution in [1.82, 2.24) is 9.46 Å². The molecule has 0 spiro atoms. The van der Waals surface area contributed by atoms with Gasteiger partial charge < -0.3 is 9.84 Å². The smallest absolute Gasteiger partial charge is 0.248 e. The fourth-order valence-corrected chi connectivity index (χ4v) is 6.28. The summed E-state index contributed by atoms with van der Waals surface area (Å²) in [7, 11) is -4.00. The van der Waals surface area contributed by atoms with Crippen molar-refractivity contribution >= 4 is 33.8 Å². The number of benzene rings is 2. The molecule has 1 amide bonds. The predicted octanol–water partition coefficient (Wildman–Crippen LogP) is 5.20. The van der Waals surface area contributed by atoms with E-state index in [0.717, 1.165) is 23.2 Å². The van der Waals surface area contributed by atoms with Gasteiger partial charge in [-0.2, -0.15) is 4.31 Å². The Bertz CT molecular complexity index is 1400. The molecule has 1 aliphatic heterocycles. The lowest BCUT2D eigenvalue weighted by Crippen LogP contribution is -2.44. The molecule has 1 N–H and O–H groups in total. The van der Waals surface area contributed by atoms with Crippen molar-refractivity contribution in [2.75, 3.05) is 18.4 Å². The molecule has 1 saturated heterocycles. The van der Waals surface area contributed by atoms with Gasteiger partial charge in [0.15, 0.2) is 10.7 Å². The fraction of sp³-hybridized carbons (Fsp3) is 0.333. The van der Waals surface area contributed by atoms with Gasteiger partial charge >= 0.3 is 0 Å². The summed E-state index contributed by atoms with van der Waals surface area (Å²) in [6, 6.07) is 12.0. The molecule has 1 aliphatic rings. The zero-order valence-electron chi connectivity index (χ0n) is 20.6. The zero-order chi connectivity index (χ0) is 25.9. The first-order valence-electron chi connectivity index (χ1n) is 12.0. The Morgan fingerprint density at radius 2 is 1.97 bits per heavy atom. The van der Waals surface area contributed by atoms with Gasteiger partial charge in [0, 0.05) is 24.3 Å². The predicted molar refractivity (Wildman–Crippen MR) is 137 cm³/mol. The van der Waals surface area contributed by atoms with Crippen LogP contribution < -0.4 is 5.32 Å². The summed E-state index contributed by atoms with van der Waals surface area (Å²) in [4.78, 5) is 13.1. The maximum Gasteiger partial charge on any atom is 0.248 e. The van der Waals surface area contributed by atoms with Crippen LogP contribution in [0, 0.1) is 25.6 Å². The van der Waals surface area contributed by atoms with Crippen LogP contribution in [0.4, 0.5) is 10.1 Å². The molecule has 0 unspecified atom stereocenters. The van der Waals surface area contributed by atoms with Gasteiger partial charge in [-0.1, -0.05) is 48.5 Å². The zero-order valence-corrected chi connectivity index (χ0v) is 21.4. The van der Waals surface area contributed by atoms with Crippen LogP contribution in [0.5, 0.6) is 0 Å². The number of nitrogens with one attached hydrogen (secondary N) is 1. The van der Waals surface area contributed by atoms with Crippen LogP contribution in [0.2, 0.25) is 0 Å². The summed E-state index contributed by atoms with van der Waals surface area (Å²) < 4.78 is 47.9. The molecule has 0 saturated carbocycles. The van der Waals surface area contributed by atoms with E-state index in [4.69, 9.17) is 4.52 Å². The molecule has 190 valence electrons. The minimum Gasteiger partial charge on any atom is -0.355 e. The van der Waals surface area contributed by atoms with Crippen LogP contribution in [0.3, 0.4) is 0 Å². The average Bonchev–Trinajstić information content (AvgIpc) is 3.25. The Morgan fingerprint density at radius 3 is 2.72 bits per heavy atom. The van der Waals surface area contributed by atoms with Gasteiger partial charge in [0.25, 0.3) is 0 Å². The van der Waals surface area contributed by atoms with Gasteiger partial charge in [-0.05, 0) is 62.5 Å². The van der Waals surface area contributed by atoms with E-state index in [9.17, 15) is 17.6 Å². The number of amides is 1. The Kier molecular flexibility index (Phi) is 7.70. The number of aromatic nitrogens is 1. The van der Waals surface area contributed by atoms with Crippen molar-refractivity contribution < 1.29 is 22.1 Å². The van der Waals surface area contributed by atoms with Gasteiger partial charge in [0.05, 0.1) is 5.92 Å². The largest absolute Gasteiger partial charge is 0.355 e. The lowest BCUT2D eigenvalue weighted by Gasteiger charge is -2.31. The molecule has 0 bridgehead atoms. The van der Waals surface area contributed by atoms with E-state index in [-0.39, 0.29) is 35.3 Å². The number of piperidine rings is 1. The third-order valence-corrected chi connectivity index (χ3v) is 8.52. The van der Waals surface area contributed by atoms with Gasteiger partial charge in [0.1, 0.15) is 11.5 Å². The molecule has 0 aliphatic carbocycles. The molecule has 0 radical (unpaired) electrons. The number of rotatable bonds is 7. The highest BCUT2D eigenvalue weighted by molar-refractivity contribution is 7.89. The Morgan fingerprint density at radius 1 is 1.19 bits per heavy atom. The molecule has 3 aromatic rings. The van der Waals surface area contributed by atoms with Crippen molar-refractivity contribution in [3.63, 3.8) is 0 Å². The van der Waals surface area contributed by atoms with E-state index in [1.54, 1.807) is 25.1 Å². The van der Waals surface area contributed by atoms with E-state index in [2.05, 4.69) is 10.5 Å². The monoisotopic (exact) mass is 511 g/mol. The van der Waals surface area contributed by atoms with E-state index < -0.39 is 21.8 Å². The van der Waals surface area contributed by atoms with Crippen LogP contribution in [0.15, 0.2) is 51.9 Å². The highest BCUT2D eigenvalue weighted by Crippen LogP contribution is 2.30. The molecule has 2 aromatic carbocycles. The van der Waals surface area contributed by atoms with Crippen LogP contribution >= 0.6 is 0 Å². The van der Waals surface area contributed by atoms with E-state index in [0.29, 0.717) is 18.4 Å². The number of hydrogen-bond acceptors (Lipinski definition) is 5. The SMILES string of the molecule is CCc1cccc(C)c1NC(=O)[C@@H]1CCCN(S(=O)(=O)c2c(C)noc2/C=C/c2ccccc2F)C1. The quantitative estimate of drug-likeness (QED) is 0.471. The van der Waals surface area contributed by atoms with Crippen LogP contribution in [-0.4, -0.2) is 36.9 Å². The third kappa shape index (κ3) is 5.27. The number of carbonyl (C=O) groups excluding carboxylic acids is 1. The highest BCUT2D eigenvalue weighted by Gasteiger charge is 2.37. The van der Waals surface area contributed by atoms with E-state index in [1.807, 2.05) is 32.0 Å². The summed E-state index contributed by atoms with van der Waals surface area (Å²) in [6.07, 6.45) is 4.78. The number of para-hydroxylation sites is 1. The van der Waals surface area contributed by atoms with Gasteiger partial charge in [-0.25, -0.2) is 12.8 Å². The van der Waals surface area contributed by atoms with Gasteiger partial charge in [0.2, 0.25) is 15.9 Å². The van der Waals surface area contributed by atoms with Crippen LogP contribution in [0.25, 0.3) is 12.2 Å². The van der Waals surface area contributed by atoms with Crippen molar-refractivity contribution in [3.8, 4) is 0 Å². The Labute approximate surface area is 211 Å². The topological polar surface area (TPSA) is 92.5 Å². The molecule has 4 rings (SSSR count). The molecular formula is C27H30FN3O4S. The number of nitrogens with zero attached hydrogens (tertiary/aromatic N) is 2. The summed E-state index contributed by atoms with van der Waals surface area (Å²) in [6.45, 7) is 5.87. The minimum atomic E-state index is -4.00. The summed E-state index contributed by atoms with van der Waals surface area (Å²) >= 11 is 0. The Balaban J connectivity index is 1.56. The second kappa shape index (κ2) is 10.8. The molecule has 2 heterocycles. The number of carbonyl (C=O) groups is 1. The van der Waals surface area contributed by atoms with E-state index >= 15 is 0 Å². The normalized spacial score (nSPS) is 16.9. The number of halogens is 1. The molecule has 36 heavy (non-hydrogen) atoms. The average molecular weight is 512 g/mol. The lowest BCUT2D eigenvalue weighted by atomic mass is 9.98. The highest BCUT2D eigenvalue weighted by atomic mass is 32.2. The fourth-order valence-electron chi connectivity index (χ4n) is 4.51.